The van der Waals surface area contributed by atoms with E-state index in [1.165, 1.54) is 10.5 Å². The van der Waals surface area contributed by atoms with Crippen molar-refractivity contribution in [1.82, 2.24) is 14.6 Å². The lowest BCUT2D eigenvalue weighted by molar-refractivity contribution is -0.903. The lowest BCUT2D eigenvalue weighted by Gasteiger charge is -2.31. The molecule has 4 rings (SSSR count). The Labute approximate surface area is 152 Å². The Morgan fingerprint density at radius 1 is 1.00 bits per heavy atom. The lowest BCUT2D eigenvalue weighted by Crippen LogP contribution is -3.15. The third kappa shape index (κ3) is 3.35. The number of nitrogens with one attached hydrogen (secondary N) is 1. The summed E-state index contributed by atoms with van der Waals surface area (Å²) in [5.41, 5.74) is 2.07. The van der Waals surface area contributed by atoms with Crippen molar-refractivity contribution in [1.29, 1.82) is 0 Å². The van der Waals surface area contributed by atoms with E-state index in [1.54, 1.807) is 22.5 Å². The fraction of sp³-hybridized carbons (Fsp3) is 0.333. The van der Waals surface area contributed by atoms with Gasteiger partial charge in [0.05, 0.1) is 32.7 Å². The molecule has 1 aliphatic heterocycles. The summed E-state index contributed by atoms with van der Waals surface area (Å²) in [6.07, 6.45) is 1.01. The van der Waals surface area contributed by atoms with Crippen LogP contribution in [0.4, 0.5) is 0 Å². The standard InChI is InChI=1S/C18H20N4O3S/c23-26(24,17-8-4-7-16-18(17)20-25-19-16)22-13-11-21(12-14-22)10-9-15-5-2-1-3-6-15/h1-8H,9-14H2/p+1. The van der Waals surface area contributed by atoms with Gasteiger partial charge in [-0.05, 0) is 28.0 Å². The molecule has 1 N–H and O–H groups in total. The van der Waals surface area contributed by atoms with Crippen LogP contribution in [0, 0.1) is 0 Å². The van der Waals surface area contributed by atoms with Gasteiger partial charge in [0.15, 0.2) is 5.52 Å². The normalized spacial score (nSPS) is 16.9. The first-order chi connectivity index (χ1) is 12.6. The molecule has 0 atom stereocenters. The molecule has 26 heavy (non-hydrogen) atoms. The predicted octanol–water partition coefficient (Wildman–Crippen LogP) is 0.355. The van der Waals surface area contributed by atoms with Crippen molar-refractivity contribution in [2.45, 2.75) is 11.3 Å². The fourth-order valence-electron chi connectivity index (χ4n) is 3.39. The first-order valence-corrected chi connectivity index (χ1v) is 10.2. The molecule has 2 heterocycles. The minimum absolute atomic E-state index is 0.170. The Balaban J connectivity index is 1.42. The minimum Gasteiger partial charge on any atom is -0.332 e. The Bertz CT molecular complexity index is 980. The zero-order valence-corrected chi connectivity index (χ0v) is 15.2. The smallest absolute Gasteiger partial charge is 0.245 e. The third-order valence-electron chi connectivity index (χ3n) is 4.91. The van der Waals surface area contributed by atoms with Crippen LogP contribution in [0.5, 0.6) is 0 Å². The van der Waals surface area contributed by atoms with Gasteiger partial charge in [0.1, 0.15) is 10.4 Å². The number of quaternary nitrogens is 1. The predicted molar refractivity (Wildman–Crippen MR) is 96.3 cm³/mol. The molecule has 0 radical (unpaired) electrons. The number of nitrogens with zero attached hydrogens (tertiary/aromatic N) is 3. The van der Waals surface area contributed by atoms with Gasteiger partial charge in [-0.25, -0.2) is 13.0 Å². The summed E-state index contributed by atoms with van der Waals surface area (Å²) in [6.45, 7) is 3.64. The van der Waals surface area contributed by atoms with Gasteiger partial charge in [-0.3, -0.25) is 0 Å². The van der Waals surface area contributed by atoms with Crippen LogP contribution in [0.1, 0.15) is 5.56 Å². The molecule has 136 valence electrons. The van der Waals surface area contributed by atoms with Crippen LogP contribution in [0.15, 0.2) is 58.1 Å². The Hall–Kier alpha value is -2.29. The number of rotatable bonds is 5. The van der Waals surface area contributed by atoms with Crippen molar-refractivity contribution in [3.8, 4) is 0 Å². The van der Waals surface area contributed by atoms with E-state index >= 15 is 0 Å². The molecule has 7 nitrogen and oxygen atoms in total. The van der Waals surface area contributed by atoms with Crippen molar-refractivity contribution >= 4 is 21.1 Å². The van der Waals surface area contributed by atoms with E-state index in [0.717, 1.165) is 26.1 Å². The van der Waals surface area contributed by atoms with Crippen LogP contribution in [-0.2, 0) is 16.4 Å². The van der Waals surface area contributed by atoms with E-state index in [9.17, 15) is 8.42 Å². The molecule has 1 fully saturated rings. The molecule has 3 aromatic rings. The molecular weight excluding hydrogens is 352 g/mol. The summed E-state index contributed by atoms with van der Waals surface area (Å²) in [6, 6.07) is 15.3. The highest BCUT2D eigenvalue weighted by atomic mass is 32.2. The Morgan fingerprint density at radius 2 is 1.77 bits per heavy atom. The molecular formula is C18H21N4O3S+. The van der Waals surface area contributed by atoms with Gasteiger partial charge in [0.25, 0.3) is 0 Å². The number of aromatic nitrogens is 2. The van der Waals surface area contributed by atoms with Crippen molar-refractivity contribution in [3.63, 3.8) is 0 Å². The molecule has 0 spiro atoms. The van der Waals surface area contributed by atoms with Gasteiger partial charge in [-0.2, -0.15) is 4.31 Å². The van der Waals surface area contributed by atoms with Crippen molar-refractivity contribution in [2.24, 2.45) is 0 Å². The minimum atomic E-state index is -3.59. The van der Waals surface area contributed by atoms with Gasteiger partial charge in [-0.15, -0.1) is 0 Å². The summed E-state index contributed by atoms with van der Waals surface area (Å²) in [4.78, 5) is 1.60. The van der Waals surface area contributed by atoms with Crippen molar-refractivity contribution in [2.75, 3.05) is 32.7 Å². The van der Waals surface area contributed by atoms with Gasteiger partial charge < -0.3 is 4.90 Å². The van der Waals surface area contributed by atoms with Crippen LogP contribution in [-0.4, -0.2) is 55.8 Å². The second-order valence-corrected chi connectivity index (χ2v) is 8.43. The van der Waals surface area contributed by atoms with E-state index in [0.29, 0.717) is 24.1 Å². The van der Waals surface area contributed by atoms with Crippen LogP contribution in [0.2, 0.25) is 0 Å². The van der Waals surface area contributed by atoms with E-state index < -0.39 is 10.0 Å². The molecule has 2 aromatic carbocycles. The second-order valence-electron chi connectivity index (χ2n) is 6.53. The van der Waals surface area contributed by atoms with Crippen LogP contribution in [0.3, 0.4) is 0 Å². The van der Waals surface area contributed by atoms with Crippen molar-refractivity contribution in [3.05, 3.63) is 54.1 Å². The number of fused-ring (bicyclic) bond motifs is 1. The second kappa shape index (κ2) is 7.14. The summed E-state index contributed by atoms with van der Waals surface area (Å²) >= 11 is 0. The van der Waals surface area contributed by atoms with Crippen molar-refractivity contribution < 1.29 is 17.9 Å². The number of sulfonamides is 1. The zero-order chi connectivity index (χ0) is 18.0. The topological polar surface area (TPSA) is 80.7 Å². The zero-order valence-electron chi connectivity index (χ0n) is 14.3. The Morgan fingerprint density at radius 3 is 2.54 bits per heavy atom. The van der Waals surface area contributed by atoms with E-state index in [1.807, 2.05) is 6.07 Å². The summed E-state index contributed by atoms with van der Waals surface area (Å²) < 4.78 is 32.2. The maximum atomic E-state index is 13.0. The van der Waals surface area contributed by atoms with Gasteiger partial charge in [0.2, 0.25) is 10.0 Å². The first kappa shape index (κ1) is 17.1. The highest BCUT2D eigenvalue weighted by Crippen LogP contribution is 2.23. The first-order valence-electron chi connectivity index (χ1n) is 8.73. The average Bonchev–Trinajstić information content (AvgIpc) is 3.16. The van der Waals surface area contributed by atoms with Crippen LogP contribution >= 0.6 is 0 Å². The highest BCUT2D eigenvalue weighted by molar-refractivity contribution is 7.89. The molecule has 1 aliphatic rings. The number of piperazine rings is 1. The average molecular weight is 373 g/mol. The molecule has 1 aromatic heterocycles. The molecule has 1 saturated heterocycles. The number of hydrogen-bond acceptors (Lipinski definition) is 5. The fourth-order valence-corrected chi connectivity index (χ4v) is 4.97. The monoisotopic (exact) mass is 373 g/mol. The number of hydrogen-bond donors (Lipinski definition) is 1. The Kier molecular flexibility index (Phi) is 4.71. The van der Waals surface area contributed by atoms with Gasteiger partial charge in [0, 0.05) is 6.42 Å². The molecule has 0 aliphatic carbocycles. The van der Waals surface area contributed by atoms with E-state index in [2.05, 4.69) is 34.6 Å². The summed E-state index contributed by atoms with van der Waals surface area (Å²) in [5.74, 6) is 0. The molecule has 8 heteroatoms. The van der Waals surface area contributed by atoms with Gasteiger partial charge >= 0.3 is 0 Å². The maximum Gasteiger partial charge on any atom is 0.245 e. The van der Waals surface area contributed by atoms with E-state index in [-0.39, 0.29) is 4.90 Å². The third-order valence-corrected chi connectivity index (χ3v) is 6.84. The van der Waals surface area contributed by atoms with Crippen LogP contribution in [0.25, 0.3) is 11.0 Å². The molecule has 0 amide bonds. The molecule has 0 unspecified atom stereocenters. The van der Waals surface area contributed by atoms with Crippen LogP contribution < -0.4 is 4.90 Å². The highest BCUT2D eigenvalue weighted by Gasteiger charge is 2.32. The van der Waals surface area contributed by atoms with Gasteiger partial charge in [-0.1, -0.05) is 36.4 Å². The summed E-state index contributed by atoms with van der Waals surface area (Å²) in [7, 11) is -3.59. The number of benzene rings is 2. The summed E-state index contributed by atoms with van der Waals surface area (Å²) in [5, 5.41) is 7.49. The maximum absolute atomic E-state index is 13.0. The van der Waals surface area contributed by atoms with E-state index in [4.69, 9.17) is 4.63 Å². The molecule has 0 bridgehead atoms. The largest absolute Gasteiger partial charge is 0.332 e. The quantitative estimate of drug-likeness (QED) is 0.698. The SMILES string of the molecule is O=S(=O)(c1cccc2nonc12)N1CC[NH+](CCc2ccccc2)CC1. The molecule has 0 saturated carbocycles. The lowest BCUT2D eigenvalue weighted by atomic mass is 10.1.